The monoisotopic (exact) mass is 384 g/mol. The van der Waals surface area contributed by atoms with Crippen LogP contribution in [0.1, 0.15) is 112 Å². The summed E-state index contributed by atoms with van der Waals surface area (Å²) in [6.45, 7) is 12.9. The molecule has 0 nitrogen and oxygen atoms in total. The highest BCUT2D eigenvalue weighted by atomic mass is 14.7. The van der Waals surface area contributed by atoms with Crippen LogP contribution in [0.2, 0.25) is 0 Å². The average Bonchev–Trinajstić information content (AvgIpc) is 3.27. The SMILES string of the molecule is CC(C)CCC[C@@H](C)[C@H]1CC[C@H]2[C@@H]3CC[C@H]4C[C@H]5C[C@H]5C[C@]4(C)[C@H]3CC[C@]12C. The van der Waals surface area contributed by atoms with E-state index in [0.29, 0.717) is 5.41 Å². The lowest BCUT2D eigenvalue weighted by molar-refractivity contribution is -0.116. The Labute approximate surface area is 176 Å². The summed E-state index contributed by atoms with van der Waals surface area (Å²) in [7, 11) is 0. The maximum atomic E-state index is 2.77. The minimum atomic E-state index is 0.679. The Hall–Kier alpha value is 0. The number of hydrogen-bond acceptors (Lipinski definition) is 0. The van der Waals surface area contributed by atoms with Gasteiger partial charge in [-0.25, -0.2) is 0 Å². The molecule has 0 spiro atoms. The third kappa shape index (κ3) is 3.05. The Morgan fingerprint density at radius 3 is 2.36 bits per heavy atom. The fourth-order valence-electron chi connectivity index (χ4n) is 10.0. The summed E-state index contributed by atoms with van der Waals surface area (Å²) < 4.78 is 0. The third-order valence-corrected chi connectivity index (χ3v) is 11.6. The van der Waals surface area contributed by atoms with Crippen LogP contribution in [0.5, 0.6) is 0 Å². The summed E-state index contributed by atoms with van der Waals surface area (Å²) in [6, 6.07) is 0. The molecular formula is C28H48. The Bertz CT molecular complexity index is 577. The molecule has 0 radical (unpaired) electrons. The average molecular weight is 385 g/mol. The van der Waals surface area contributed by atoms with Crippen molar-refractivity contribution in [3.63, 3.8) is 0 Å². The lowest BCUT2D eigenvalue weighted by atomic mass is 9.44. The minimum absolute atomic E-state index is 0.679. The van der Waals surface area contributed by atoms with E-state index in [2.05, 4.69) is 34.6 Å². The van der Waals surface area contributed by atoms with Crippen molar-refractivity contribution in [1.82, 2.24) is 0 Å². The van der Waals surface area contributed by atoms with Crippen molar-refractivity contribution in [3.05, 3.63) is 0 Å². The summed E-state index contributed by atoms with van der Waals surface area (Å²) in [5.41, 5.74) is 1.40. The fraction of sp³-hybridized carbons (Fsp3) is 1.00. The first-order valence-corrected chi connectivity index (χ1v) is 13.3. The molecule has 160 valence electrons. The van der Waals surface area contributed by atoms with Gasteiger partial charge in [-0.05, 0) is 122 Å². The van der Waals surface area contributed by atoms with Crippen LogP contribution in [0.15, 0.2) is 0 Å². The van der Waals surface area contributed by atoms with Crippen molar-refractivity contribution in [2.24, 2.45) is 64.1 Å². The molecule has 5 fully saturated rings. The predicted octanol–water partition coefficient (Wildman–Crippen LogP) is 8.35. The minimum Gasteiger partial charge on any atom is -0.0628 e. The van der Waals surface area contributed by atoms with Crippen LogP contribution in [0.4, 0.5) is 0 Å². The molecule has 0 amide bonds. The van der Waals surface area contributed by atoms with E-state index in [1.165, 1.54) is 19.3 Å². The molecular weight excluding hydrogens is 336 g/mol. The summed E-state index contributed by atoms with van der Waals surface area (Å²) in [4.78, 5) is 0. The molecule has 5 rings (SSSR count). The van der Waals surface area contributed by atoms with Gasteiger partial charge in [-0.1, -0.05) is 53.9 Å². The van der Waals surface area contributed by atoms with E-state index in [9.17, 15) is 0 Å². The topological polar surface area (TPSA) is 0 Å². The molecule has 0 aromatic heterocycles. The van der Waals surface area contributed by atoms with Gasteiger partial charge in [0.2, 0.25) is 0 Å². The summed E-state index contributed by atoms with van der Waals surface area (Å²) in [5, 5.41) is 0. The Kier molecular flexibility index (Phi) is 5.00. The second-order valence-corrected chi connectivity index (χ2v) is 13.4. The lowest BCUT2D eigenvalue weighted by Crippen LogP contribution is -2.53. The largest absolute Gasteiger partial charge is 0.0628 e. The van der Waals surface area contributed by atoms with Crippen molar-refractivity contribution >= 4 is 0 Å². The van der Waals surface area contributed by atoms with Gasteiger partial charge in [-0.15, -0.1) is 0 Å². The molecule has 28 heavy (non-hydrogen) atoms. The maximum Gasteiger partial charge on any atom is -0.0264 e. The molecule has 0 unspecified atom stereocenters. The molecule has 0 heteroatoms. The van der Waals surface area contributed by atoms with Crippen molar-refractivity contribution in [3.8, 4) is 0 Å². The van der Waals surface area contributed by atoms with Gasteiger partial charge < -0.3 is 0 Å². The second kappa shape index (κ2) is 7.02. The zero-order valence-electron chi connectivity index (χ0n) is 19.7. The molecule has 5 aliphatic rings. The molecule has 0 aromatic rings. The molecule has 0 N–H and O–H groups in total. The molecule has 0 bridgehead atoms. The van der Waals surface area contributed by atoms with E-state index < -0.39 is 0 Å². The highest BCUT2D eigenvalue weighted by molar-refractivity contribution is 5.12. The van der Waals surface area contributed by atoms with Crippen molar-refractivity contribution < 1.29 is 0 Å². The van der Waals surface area contributed by atoms with Gasteiger partial charge in [0.05, 0.1) is 0 Å². The Balaban J connectivity index is 1.30. The van der Waals surface area contributed by atoms with Crippen LogP contribution in [0.25, 0.3) is 0 Å². The molecule has 5 aliphatic carbocycles. The molecule has 0 aromatic carbocycles. The Morgan fingerprint density at radius 1 is 0.786 bits per heavy atom. The standard InChI is InChI=1S/C28H48/c1-18(2)7-6-8-19(3)24-11-12-25-23-10-9-22-16-20-15-21(20)17-28(22,5)26(23)13-14-27(24,25)4/h18-26H,6-17H2,1-5H3/t19-,20-,21+,22+,23+,24-,25+,26+,27-,28+/m1/s1. The lowest BCUT2D eigenvalue weighted by Gasteiger charge is -2.60. The third-order valence-electron chi connectivity index (χ3n) is 11.6. The molecule has 0 aliphatic heterocycles. The first kappa shape index (κ1) is 19.9. The van der Waals surface area contributed by atoms with Crippen LogP contribution >= 0.6 is 0 Å². The first-order valence-electron chi connectivity index (χ1n) is 13.3. The normalized spacial score (nSPS) is 53.1. The highest BCUT2D eigenvalue weighted by Gasteiger charge is 2.63. The zero-order chi connectivity index (χ0) is 19.7. The van der Waals surface area contributed by atoms with Gasteiger partial charge in [-0.2, -0.15) is 0 Å². The summed E-state index contributed by atoms with van der Waals surface area (Å²) in [6.07, 6.45) is 18.7. The van der Waals surface area contributed by atoms with Crippen LogP contribution < -0.4 is 0 Å². The number of hydrogen-bond donors (Lipinski definition) is 0. The van der Waals surface area contributed by atoms with E-state index in [1.54, 1.807) is 57.8 Å². The fourth-order valence-corrected chi connectivity index (χ4v) is 10.0. The molecule has 0 heterocycles. The van der Waals surface area contributed by atoms with Gasteiger partial charge in [0.25, 0.3) is 0 Å². The molecule has 0 saturated heterocycles. The molecule has 10 atom stereocenters. The van der Waals surface area contributed by atoms with E-state index >= 15 is 0 Å². The van der Waals surface area contributed by atoms with Crippen LogP contribution in [0.3, 0.4) is 0 Å². The van der Waals surface area contributed by atoms with E-state index in [1.807, 2.05) is 0 Å². The summed E-state index contributed by atoms with van der Waals surface area (Å²) >= 11 is 0. The second-order valence-electron chi connectivity index (χ2n) is 13.4. The van der Waals surface area contributed by atoms with Crippen molar-refractivity contribution in [1.29, 1.82) is 0 Å². The van der Waals surface area contributed by atoms with Crippen molar-refractivity contribution in [2.75, 3.05) is 0 Å². The molecule has 5 saturated carbocycles. The Morgan fingerprint density at radius 2 is 1.57 bits per heavy atom. The smallest absolute Gasteiger partial charge is 0.0264 e. The van der Waals surface area contributed by atoms with Gasteiger partial charge in [0, 0.05) is 0 Å². The first-order chi connectivity index (χ1) is 13.3. The van der Waals surface area contributed by atoms with E-state index in [4.69, 9.17) is 0 Å². The van der Waals surface area contributed by atoms with Gasteiger partial charge >= 0.3 is 0 Å². The van der Waals surface area contributed by atoms with Gasteiger partial charge in [-0.3, -0.25) is 0 Å². The van der Waals surface area contributed by atoms with Crippen LogP contribution in [0, 0.1) is 64.1 Å². The summed E-state index contributed by atoms with van der Waals surface area (Å²) in [5.74, 6) is 9.50. The quantitative estimate of drug-likeness (QED) is 0.446. The van der Waals surface area contributed by atoms with Crippen LogP contribution in [-0.2, 0) is 0 Å². The maximum absolute atomic E-state index is 2.77. The van der Waals surface area contributed by atoms with Gasteiger partial charge in [0.15, 0.2) is 0 Å². The number of fused-ring (bicyclic) bond motifs is 6. The van der Waals surface area contributed by atoms with E-state index in [0.717, 1.165) is 58.7 Å². The highest BCUT2D eigenvalue weighted by Crippen LogP contribution is 2.71. The van der Waals surface area contributed by atoms with E-state index in [-0.39, 0.29) is 0 Å². The van der Waals surface area contributed by atoms with Crippen molar-refractivity contribution in [2.45, 2.75) is 112 Å². The number of rotatable bonds is 5. The van der Waals surface area contributed by atoms with Crippen LogP contribution in [-0.4, -0.2) is 0 Å². The predicted molar refractivity (Wildman–Crippen MR) is 120 cm³/mol. The van der Waals surface area contributed by atoms with Gasteiger partial charge in [0.1, 0.15) is 0 Å². The zero-order valence-corrected chi connectivity index (χ0v) is 19.7.